The molecule has 2 heterocycles. The van der Waals surface area contributed by atoms with E-state index in [-0.39, 0.29) is 11.3 Å². The van der Waals surface area contributed by atoms with Crippen LogP contribution in [0.5, 0.6) is 0 Å². The van der Waals surface area contributed by atoms with Gasteiger partial charge in [0.2, 0.25) is 5.91 Å². The fraction of sp³-hybridized carbons (Fsp3) is 0.348. The zero-order valence-electron chi connectivity index (χ0n) is 16.7. The van der Waals surface area contributed by atoms with Gasteiger partial charge >= 0.3 is 0 Å². The molecule has 1 saturated heterocycles. The van der Waals surface area contributed by atoms with Gasteiger partial charge < -0.3 is 14.7 Å². The summed E-state index contributed by atoms with van der Waals surface area (Å²) in [6, 6.07) is 16.9. The molecule has 4 nitrogen and oxygen atoms in total. The van der Waals surface area contributed by atoms with Crippen molar-refractivity contribution in [3.63, 3.8) is 0 Å². The Morgan fingerprint density at radius 2 is 1.70 bits per heavy atom. The Bertz CT molecular complexity index is 913. The van der Waals surface area contributed by atoms with Gasteiger partial charge in [-0.15, -0.1) is 0 Å². The largest absolute Gasteiger partial charge is 0.378 e. The minimum Gasteiger partial charge on any atom is -0.378 e. The van der Waals surface area contributed by atoms with Gasteiger partial charge in [0.25, 0.3) is 0 Å². The van der Waals surface area contributed by atoms with Crippen LogP contribution in [0.2, 0.25) is 0 Å². The summed E-state index contributed by atoms with van der Waals surface area (Å²) in [7, 11) is 6.01. The molecular formula is C23H27N3O. The molecule has 0 aliphatic carbocycles. The van der Waals surface area contributed by atoms with Gasteiger partial charge in [0.15, 0.2) is 0 Å². The molecule has 0 bridgehead atoms. The van der Waals surface area contributed by atoms with E-state index in [2.05, 4.69) is 84.3 Å². The molecule has 1 atom stereocenters. The SMILES string of the molecule is CN(C)c1ccc(/C=C/C23N(C)C(=O)CN2c2ccccc2C3(C)C)cc1. The van der Waals surface area contributed by atoms with Gasteiger partial charge in [0, 0.05) is 37.9 Å². The zero-order valence-corrected chi connectivity index (χ0v) is 16.7. The number of hydrogen-bond acceptors (Lipinski definition) is 3. The van der Waals surface area contributed by atoms with Crippen molar-refractivity contribution >= 4 is 23.4 Å². The first kappa shape index (κ1) is 17.7. The molecule has 2 aliphatic rings. The standard InChI is InChI=1S/C23H27N3O/c1-22(2)19-8-6-7-9-20(19)26-16-21(27)25(5)23(22,26)15-14-17-10-12-18(13-11-17)24(3)4/h6-15H,16H2,1-5H3/b15-14+. The molecule has 1 fully saturated rings. The molecule has 2 aromatic carbocycles. The summed E-state index contributed by atoms with van der Waals surface area (Å²) in [6.45, 7) is 4.89. The Kier molecular flexibility index (Phi) is 3.84. The topological polar surface area (TPSA) is 26.8 Å². The number of hydrogen-bond donors (Lipinski definition) is 0. The van der Waals surface area contributed by atoms with Crippen molar-refractivity contribution in [3.05, 3.63) is 65.7 Å². The lowest BCUT2D eigenvalue weighted by atomic mass is 9.75. The van der Waals surface area contributed by atoms with Crippen LogP contribution in [-0.4, -0.2) is 44.2 Å². The molecule has 0 radical (unpaired) electrons. The van der Waals surface area contributed by atoms with Crippen molar-refractivity contribution in [1.82, 2.24) is 4.90 Å². The van der Waals surface area contributed by atoms with Crippen molar-refractivity contribution in [2.45, 2.75) is 24.9 Å². The predicted molar refractivity (Wildman–Crippen MR) is 112 cm³/mol. The van der Waals surface area contributed by atoms with Crippen LogP contribution >= 0.6 is 0 Å². The maximum Gasteiger partial charge on any atom is 0.244 e. The monoisotopic (exact) mass is 361 g/mol. The molecule has 0 saturated carbocycles. The number of para-hydroxylation sites is 1. The number of fused-ring (bicyclic) bond motifs is 3. The molecular weight excluding hydrogens is 334 g/mol. The number of likely N-dealkylation sites (N-methyl/N-ethyl adjacent to an activating group) is 1. The van der Waals surface area contributed by atoms with Crippen LogP contribution in [0.25, 0.3) is 6.08 Å². The summed E-state index contributed by atoms with van der Waals surface area (Å²) in [5, 5.41) is 0. The number of amides is 1. The summed E-state index contributed by atoms with van der Waals surface area (Å²) in [5.41, 5.74) is 4.05. The van der Waals surface area contributed by atoms with Crippen molar-refractivity contribution in [3.8, 4) is 0 Å². The van der Waals surface area contributed by atoms with Gasteiger partial charge in [-0.3, -0.25) is 4.79 Å². The Morgan fingerprint density at radius 1 is 1.04 bits per heavy atom. The van der Waals surface area contributed by atoms with Crippen molar-refractivity contribution in [2.24, 2.45) is 0 Å². The van der Waals surface area contributed by atoms with Gasteiger partial charge in [0.05, 0.1) is 6.54 Å². The molecule has 0 aromatic heterocycles. The number of rotatable bonds is 3. The predicted octanol–water partition coefficient (Wildman–Crippen LogP) is 3.73. The summed E-state index contributed by atoms with van der Waals surface area (Å²) in [6.07, 6.45) is 4.36. The highest BCUT2D eigenvalue weighted by Crippen LogP contribution is 2.55. The van der Waals surface area contributed by atoms with E-state index in [1.165, 1.54) is 11.3 Å². The lowest BCUT2D eigenvalue weighted by molar-refractivity contribution is -0.128. The Morgan fingerprint density at radius 3 is 2.37 bits per heavy atom. The fourth-order valence-electron chi connectivity index (χ4n) is 4.70. The molecule has 0 N–H and O–H groups in total. The third-order valence-corrected chi connectivity index (χ3v) is 6.30. The first-order chi connectivity index (χ1) is 12.8. The molecule has 1 amide bonds. The van der Waals surface area contributed by atoms with E-state index in [0.717, 1.165) is 11.3 Å². The van der Waals surface area contributed by atoms with Crippen LogP contribution in [0.3, 0.4) is 0 Å². The first-order valence-electron chi connectivity index (χ1n) is 9.39. The minimum absolute atomic E-state index is 0.158. The van der Waals surface area contributed by atoms with E-state index >= 15 is 0 Å². The van der Waals surface area contributed by atoms with E-state index < -0.39 is 5.66 Å². The van der Waals surface area contributed by atoms with Crippen LogP contribution in [0.1, 0.15) is 25.0 Å². The average molecular weight is 361 g/mol. The van der Waals surface area contributed by atoms with Crippen molar-refractivity contribution < 1.29 is 4.79 Å². The van der Waals surface area contributed by atoms with Crippen molar-refractivity contribution in [2.75, 3.05) is 37.5 Å². The number of anilines is 2. The summed E-state index contributed by atoms with van der Waals surface area (Å²) in [4.78, 5) is 18.9. The van der Waals surface area contributed by atoms with E-state index in [4.69, 9.17) is 0 Å². The highest BCUT2D eigenvalue weighted by atomic mass is 16.2. The van der Waals surface area contributed by atoms with E-state index in [9.17, 15) is 4.79 Å². The van der Waals surface area contributed by atoms with Crippen molar-refractivity contribution in [1.29, 1.82) is 0 Å². The highest BCUT2D eigenvalue weighted by molar-refractivity contribution is 5.91. The molecule has 0 spiro atoms. The number of carbonyl (C=O) groups is 1. The fourth-order valence-corrected chi connectivity index (χ4v) is 4.70. The van der Waals surface area contributed by atoms with Gasteiger partial charge in [-0.25, -0.2) is 0 Å². The summed E-state index contributed by atoms with van der Waals surface area (Å²) < 4.78 is 0. The Hall–Kier alpha value is -2.75. The van der Waals surface area contributed by atoms with Gasteiger partial charge in [-0.2, -0.15) is 0 Å². The van der Waals surface area contributed by atoms with Gasteiger partial charge in [-0.05, 0) is 35.4 Å². The third-order valence-electron chi connectivity index (χ3n) is 6.30. The second-order valence-corrected chi connectivity index (χ2v) is 8.23. The van der Waals surface area contributed by atoms with E-state index in [1.54, 1.807) is 0 Å². The molecule has 2 aliphatic heterocycles. The number of benzene rings is 2. The van der Waals surface area contributed by atoms with Crippen LogP contribution in [0.4, 0.5) is 11.4 Å². The maximum atomic E-state index is 12.7. The second kappa shape index (κ2) is 5.88. The highest BCUT2D eigenvalue weighted by Gasteiger charge is 2.62. The van der Waals surface area contributed by atoms with Crippen LogP contribution in [0.15, 0.2) is 54.6 Å². The molecule has 4 heteroatoms. The van der Waals surface area contributed by atoms with Gasteiger partial charge in [0.1, 0.15) is 5.66 Å². The second-order valence-electron chi connectivity index (χ2n) is 8.23. The Balaban J connectivity index is 1.80. The summed E-state index contributed by atoms with van der Waals surface area (Å²) >= 11 is 0. The minimum atomic E-state index is -0.492. The molecule has 140 valence electrons. The van der Waals surface area contributed by atoms with E-state index in [0.29, 0.717) is 6.54 Å². The lowest BCUT2D eigenvalue weighted by Crippen LogP contribution is -2.59. The third kappa shape index (κ3) is 2.32. The molecule has 4 rings (SSSR count). The normalized spacial score (nSPS) is 23.1. The van der Waals surface area contributed by atoms with Crippen LogP contribution in [0, 0.1) is 0 Å². The van der Waals surface area contributed by atoms with Crippen LogP contribution in [-0.2, 0) is 10.2 Å². The lowest BCUT2D eigenvalue weighted by Gasteiger charge is -2.45. The maximum absolute atomic E-state index is 12.7. The average Bonchev–Trinajstić information content (AvgIpc) is 3.02. The summed E-state index contributed by atoms with van der Waals surface area (Å²) in [5.74, 6) is 0.158. The smallest absolute Gasteiger partial charge is 0.244 e. The van der Waals surface area contributed by atoms with E-state index in [1.807, 2.05) is 26.0 Å². The van der Waals surface area contributed by atoms with Gasteiger partial charge in [-0.1, -0.05) is 50.3 Å². The molecule has 2 aromatic rings. The quantitative estimate of drug-likeness (QED) is 0.833. The number of nitrogens with zero attached hydrogens (tertiary/aromatic N) is 3. The van der Waals surface area contributed by atoms with Crippen LogP contribution < -0.4 is 9.80 Å². The molecule has 27 heavy (non-hydrogen) atoms. The molecule has 1 unspecified atom stereocenters. The first-order valence-corrected chi connectivity index (χ1v) is 9.39. The number of carbonyl (C=O) groups excluding carboxylic acids is 1. The zero-order chi connectivity index (χ0) is 19.4. The Labute approximate surface area is 161 Å².